The zero-order chi connectivity index (χ0) is 13.8. The van der Waals surface area contributed by atoms with Gasteiger partial charge >= 0.3 is 0 Å². The molecule has 19 heavy (non-hydrogen) atoms. The normalized spacial score (nSPS) is 19.4. The Balaban J connectivity index is 2.21. The zero-order valence-electron chi connectivity index (χ0n) is 10.1. The van der Waals surface area contributed by atoms with Crippen LogP contribution in [0.25, 0.3) is 0 Å². The van der Waals surface area contributed by atoms with E-state index in [1.165, 1.54) is 0 Å². The summed E-state index contributed by atoms with van der Waals surface area (Å²) in [5, 5.41) is 14.5. The molecule has 0 radical (unpaired) electrons. The third-order valence-electron chi connectivity index (χ3n) is 2.92. The van der Waals surface area contributed by atoms with Gasteiger partial charge in [-0.05, 0) is 24.6 Å². The van der Waals surface area contributed by atoms with E-state index in [-0.39, 0.29) is 17.7 Å². The Bertz CT molecular complexity index is 513. The van der Waals surface area contributed by atoms with Crippen LogP contribution >= 0.6 is 15.9 Å². The lowest BCUT2D eigenvalue weighted by molar-refractivity contribution is -0.119. The van der Waals surface area contributed by atoms with Crippen LogP contribution in [-0.4, -0.2) is 30.2 Å². The number of amidine groups is 1. The van der Waals surface area contributed by atoms with Crippen molar-refractivity contribution in [2.75, 3.05) is 18.5 Å². The van der Waals surface area contributed by atoms with Crippen LogP contribution < -0.4 is 11.1 Å². The summed E-state index contributed by atoms with van der Waals surface area (Å²) in [6.07, 6.45) is 0.710. The van der Waals surface area contributed by atoms with Crippen LogP contribution in [0.2, 0.25) is 0 Å². The molecule has 0 aromatic heterocycles. The smallest absolute Gasteiger partial charge is 0.229 e. The molecule has 1 amide bonds. The van der Waals surface area contributed by atoms with E-state index in [0.717, 1.165) is 4.47 Å². The number of nitrogens with zero attached hydrogens (tertiary/aromatic N) is 1. The van der Waals surface area contributed by atoms with E-state index >= 15 is 0 Å². The number of carbonyl (C=O) groups is 1. The fraction of sp³-hybridized carbons (Fsp3) is 0.333. The fourth-order valence-corrected chi connectivity index (χ4v) is 2.23. The average molecular weight is 328 g/mol. The van der Waals surface area contributed by atoms with Crippen molar-refractivity contribution in [3.05, 3.63) is 28.2 Å². The Labute approximate surface area is 118 Å². The first-order valence-electron chi connectivity index (χ1n) is 5.78. The molecule has 102 valence electrons. The second-order valence-corrected chi connectivity index (χ2v) is 5.14. The summed E-state index contributed by atoms with van der Waals surface area (Å²) in [5.41, 5.74) is 6.57. The molecule has 1 saturated heterocycles. The Morgan fingerprint density at radius 2 is 2.37 bits per heavy atom. The molecule has 7 heteroatoms. The molecule has 0 bridgehead atoms. The second-order valence-electron chi connectivity index (χ2n) is 4.22. The van der Waals surface area contributed by atoms with Crippen molar-refractivity contribution < 1.29 is 14.7 Å². The molecule has 2 rings (SSSR count). The quantitative estimate of drug-likeness (QED) is 0.339. The monoisotopic (exact) mass is 327 g/mol. The van der Waals surface area contributed by atoms with E-state index in [1.54, 1.807) is 18.2 Å². The predicted molar refractivity (Wildman–Crippen MR) is 74.2 cm³/mol. The number of nitrogens with two attached hydrogens (primary N) is 1. The van der Waals surface area contributed by atoms with Crippen LogP contribution in [0.3, 0.4) is 0 Å². The molecule has 1 aromatic carbocycles. The van der Waals surface area contributed by atoms with Gasteiger partial charge in [0.25, 0.3) is 0 Å². The van der Waals surface area contributed by atoms with E-state index in [9.17, 15) is 4.79 Å². The van der Waals surface area contributed by atoms with E-state index in [4.69, 9.17) is 15.7 Å². The molecule has 1 fully saturated rings. The van der Waals surface area contributed by atoms with Crippen LogP contribution in [0, 0.1) is 5.92 Å². The first-order chi connectivity index (χ1) is 9.11. The highest BCUT2D eigenvalue weighted by molar-refractivity contribution is 9.10. The molecule has 1 aromatic rings. The Morgan fingerprint density at radius 3 is 3.00 bits per heavy atom. The molecule has 0 spiro atoms. The average Bonchev–Trinajstić information content (AvgIpc) is 2.94. The van der Waals surface area contributed by atoms with Gasteiger partial charge in [-0.15, -0.1) is 0 Å². The molecular formula is C12H14BrN3O3. The van der Waals surface area contributed by atoms with Gasteiger partial charge in [0, 0.05) is 16.6 Å². The van der Waals surface area contributed by atoms with Crippen molar-refractivity contribution in [1.29, 1.82) is 0 Å². The summed E-state index contributed by atoms with van der Waals surface area (Å²) in [6.45, 7) is 1.03. The Kier molecular flexibility index (Phi) is 4.39. The Morgan fingerprint density at radius 1 is 1.58 bits per heavy atom. The molecule has 1 aliphatic rings. The predicted octanol–water partition coefficient (Wildman–Crippen LogP) is 1.52. The molecule has 0 saturated carbocycles. The van der Waals surface area contributed by atoms with Gasteiger partial charge in [-0.2, -0.15) is 0 Å². The number of carbonyl (C=O) groups excluding carboxylic acids is 1. The van der Waals surface area contributed by atoms with Gasteiger partial charge in [0.05, 0.1) is 18.2 Å². The summed E-state index contributed by atoms with van der Waals surface area (Å²) < 4.78 is 5.95. The molecule has 1 aliphatic heterocycles. The highest BCUT2D eigenvalue weighted by atomic mass is 79.9. The molecule has 1 unspecified atom stereocenters. The highest BCUT2D eigenvalue weighted by Gasteiger charge is 2.24. The summed E-state index contributed by atoms with van der Waals surface area (Å²) in [5.74, 6) is -0.324. The lowest BCUT2D eigenvalue weighted by Gasteiger charge is -2.13. The summed E-state index contributed by atoms with van der Waals surface area (Å²) in [7, 11) is 0. The third-order valence-corrected chi connectivity index (χ3v) is 3.42. The minimum Gasteiger partial charge on any atom is -0.409 e. The van der Waals surface area contributed by atoms with Gasteiger partial charge in [0.15, 0.2) is 5.84 Å². The van der Waals surface area contributed by atoms with Crippen molar-refractivity contribution in [3.63, 3.8) is 0 Å². The Hall–Kier alpha value is -1.60. The first-order valence-corrected chi connectivity index (χ1v) is 6.57. The third kappa shape index (κ3) is 3.24. The van der Waals surface area contributed by atoms with Crippen molar-refractivity contribution in [2.24, 2.45) is 16.8 Å². The van der Waals surface area contributed by atoms with Gasteiger partial charge in [0.1, 0.15) is 0 Å². The van der Waals surface area contributed by atoms with Crippen LogP contribution in [-0.2, 0) is 9.53 Å². The number of nitrogens with one attached hydrogen (secondary N) is 1. The number of oxime groups is 1. The highest BCUT2D eigenvalue weighted by Crippen LogP contribution is 2.23. The van der Waals surface area contributed by atoms with Crippen LogP contribution in [0.1, 0.15) is 12.0 Å². The number of hydrogen-bond donors (Lipinski definition) is 3. The molecule has 6 nitrogen and oxygen atoms in total. The second kappa shape index (κ2) is 6.03. The minimum atomic E-state index is -0.149. The lowest BCUT2D eigenvalue weighted by Crippen LogP contribution is -2.25. The van der Waals surface area contributed by atoms with Gasteiger partial charge < -0.3 is 21.0 Å². The van der Waals surface area contributed by atoms with E-state index in [1.807, 2.05) is 0 Å². The van der Waals surface area contributed by atoms with Crippen LogP contribution in [0.5, 0.6) is 0 Å². The fourth-order valence-electron chi connectivity index (χ4n) is 1.87. The van der Waals surface area contributed by atoms with Gasteiger partial charge in [-0.3, -0.25) is 4.79 Å². The molecule has 0 aliphatic carbocycles. The van der Waals surface area contributed by atoms with E-state index in [2.05, 4.69) is 26.4 Å². The molecular weight excluding hydrogens is 314 g/mol. The lowest BCUT2D eigenvalue weighted by atomic mass is 10.1. The maximum absolute atomic E-state index is 12.0. The van der Waals surface area contributed by atoms with Crippen molar-refractivity contribution in [2.45, 2.75) is 6.42 Å². The first kappa shape index (κ1) is 13.8. The summed E-state index contributed by atoms with van der Waals surface area (Å²) in [6, 6.07) is 5.15. The number of benzene rings is 1. The zero-order valence-corrected chi connectivity index (χ0v) is 11.7. The van der Waals surface area contributed by atoms with Gasteiger partial charge in [-0.25, -0.2) is 0 Å². The number of ether oxygens (including phenoxy) is 1. The van der Waals surface area contributed by atoms with E-state index < -0.39 is 0 Å². The van der Waals surface area contributed by atoms with Crippen molar-refractivity contribution >= 4 is 33.4 Å². The maximum atomic E-state index is 12.0. The van der Waals surface area contributed by atoms with Gasteiger partial charge in [0.2, 0.25) is 5.91 Å². The SMILES string of the molecule is N/C(=N/O)c1cc(Br)ccc1NC(=O)C1CCOC1. The number of anilines is 1. The van der Waals surface area contributed by atoms with Gasteiger partial charge in [-0.1, -0.05) is 21.1 Å². The number of rotatable bonds is 3. The number of amides is 1. The van der Waals surface area contributed by atoms with Crippen LogP contribution in [0.15, 0.2) is 27.8 Å². The van der Waals surface area contributed by atoms with Crippen LogP contribution in [0.4, 0.5) is 5.69 Å². The number of hydrogen-bond acceptors (Lipinski definition) is 4. The van der Waals surface area contributed by atoms with Crippen molar-refractivity contribution in [1.82, 2.24) is 0 Å². The minimum absolute atomic E-state index is 0.0562. The van der Waals surface area contributed by atoms with Crippen molar-refractivity contribution in [3.8, 4) is 0 Å². The molecule has 1 atom stereocenters. The summed E-state index contributed by atoms with van der Waals surface area (Å²) >= 11 is 3.30. The molecule has 1 heterocycles. The maximum Gasteiger partial charge on any atom is 0.229 e. The topological polar surface area (TPSA) is 96.9 Å². The molecule has 4 N–H and O–H groups in total. The number of halogens is 1. The van der Waals surface area contributed by atoms with E-state index in [0.29, 0.717) is 30.9 Å². The largest absolute Gasteiger partial charge is 0.409 e. The summed E-state index contributed by atoms with van der Waals surface area (Å²) in [4.78, 5) is 12.0. The standard InChI is InChI=1S/C12H14BrN3O3/c13-8-1-2-10(9(5-8)11(14)16-18)15-12(17)7-3-4-19-6-7/h1-2,5,7,18H,3-4,6H2,(H2,14,16)(H,15,17).